The lowest BCUT2D eigenvalue weighted by atomic mass is 9.80. The lowest BCUT2D eigenvalue weighted by molar-refractivity contribution is 0.0626. The van der Waals surface area contributed by atoms with E-state index in [9.17, 15) is 4.79 Å². The van der Waals surface area contributed by atoms with Gasteiger partial charge in [0.05, 0.1) is 18.7 Å². The van der Waals surface area contributed by atoms with Crippen molar-refractivity contribution < 1.29 is 9.53 Å². The van der Waals surface area contributed by atoms with E-state index < -0.39 is 0 Å². The van der Waals surface area contributed by atoms with Crippen molar-refractivity contribution in [2.24, 2.45) is 17.3 Å². The maximum absolute atomic E-state index is 14.1. The first kappa shape index (κ1) is 30.9. The van der Waals surface area contributed by atoms with Gasteiger partial charge < -0.3 is 14.5 Å². The molecule has 0 spiro atoms. The first-order valence-corrected chi connectivity index (χ1v) is 15.9. The third kappa shape index (κ3) is 6.99. The van der Waals surface area contributed by atoms with Gasteiger partial charge in [-0.1, -0.05) is 47.5 Å². The number of pyridine rings is 2. The summed E-state index contributed by atoms with van der Waals surface area (Å²) in [6.07, 6.45) is 7.20. The van der Waals surface area contributed by atoms with Crippen molar-refractivity contribution in [3.8, 4) is 28.8 Å². The topological polar surface area (TPSA) is 66.2 Å². The molecule has 0 unspecified atom stereocenters. The zero-order valence-corrected chi connectivity index (χ0v) is 27.1. The summed E-state index contributed by atoms with van der Waals surface area (Å²) in [6, 6.07) is 5.86. The minimum atomic E-state index is 0.000706. The van der Waals surface area contributed by atoms with E-state index in [1.807, 2.05) is 46.9 Å². The summed E-state index contributed by atoms with van der Waals surface area (Å²) >= 11 is 0. The van der Waals surface area contributed by atoms with E-state index in [4.69, 9.17) is 14.7 Å². The van der Waals surface area contributed by atoms with E-state index in [0.29, 0.717) is 30.6 Å². The number of carbonyl (C=O) groups is 1. The Kier molecular flexibility index (Phi) is 9.31. The van der Waals surface area contributed by atoms with Crippen LogP contribution in [0.15, 0.2) is 30.6 Å². The Morgan fingerprint density at radius 1 is 1.14 bits per heavy atom. The van der Waals surface area contributed by atoms with Crippen LogP contribution < -0.4 is 9.64 Å². The number of likely N-dealkylation sites (N-methyl/N-ethyl adjacent to an activating group) is 1. The molecule has 1 amide bonds. The molecule has 5 heterocycles. The first-order chi connectivity index (χ1) is 20.5. The van der Waals surface area contributed by atoms with E-state index in [2.05, 4.69) is 63.2 Å². The number of amides is 1. The highest BCUT2D eigenvalue weighted by molar-refractivity contribution is 5.94. The molecule has 0 radical (unpaired) electrons. The SMILES string of the molecule is CC(C)CCN(CC(C)(C)C(C)C)C(=O)c1ccc2nc(-c3cnc4c(c3)OCCN4C)c(C#CCN3CCCC3)n2c1. The van der Waals surface area contributed by atoms with Crippen LogP contribution in [0.3, 0.4) is 0 Å². The number of fused-ring (bicyclic) bond motifs is 2. The standard InChI is InChI=1S/C35H48N6O2/c1-25(2)14-18-40(24-35(5,6)26(3)4)34(42)27-12-13-31-37-32(28-21-30-33(36-22-28)38(7)19-20-43-30)29(41(31)23-27)11-10-17-39-15-8-9-16-39/h12-13,21-23,25-26H,8-9,14-20,24H2,1-7H3. The van der Waals surface area contributed by atoms with Crippen LogP contribution in [0.25, 0.3) is 16.9 Å². The molecule has 0 bridgehead atoms. The van der Waals surface area contributed by atoms with Gasteiger partial charge in [0, 0.05) is 38.1 Å². The van der Waals surface area contributed by atoms with Crippen molar-refractivity contribution in [2.75, 3.05) is 57.8 Å². The van der Waals surface area contributed by atoms with Gasteiger partial charge in [-0.15, -0.1) is 0 Å². The molecule has 2 aliphatic heterocycles. The van der Waals surface area contributed by atoms with Crippen molar-refractivity contribution in [1.82, 2.24) is 24.2 Å². The number of aromatic nitrogens is 3. The van der Waals surface area contributed by atoms with Crippen LogP contribution in [0.1, 0.15) is 76.9 Å². The number of ether oxygens (including phenoxy) is 1. The number of imidazole rings is 1. The minimum Gasteiger partial charge on any atom is -0.488 e. The summed E-state index contributed by atoms with van der Waals surface area (Å²) in [7, 11) is 2.03. The minimum absolute atomic E-state index is 0.000706. The largest absolute Gasteiger partial charge is 0.488 e. The van der Waals surface area contributed by atoms with Crippen molar-refractivity contribution in [3.63, 3.8) is 0 Å². The maximum atomic E-state index is 14.1. The van der Waals surface area contributed by atoms with Crippen molar-refractivity contribution in [1.29, 1.82) is 0 Å². The molecule has 8 nitrogen and oxygen atoms in total. The molecule has 0 atom stereocenters. The van der Waals surface area contributed by atoms with Gasteiger partial charge in [0.1, 0.15) is 23.6 Å². The number of carbonyl (C=O) groups excluding carboxylic acids is 1. The van der Waals surface area contributed by atoms with Gasteiger partial charge in [-0.05, 0) is 73.7 Å². The number of nitrogens with zero attached hydrogens (tertiary/aromatic N) is 6. The van der Waals surface area contributed by atoms with Crippen LogP contribution in [0, 0.1) is 29.1 Å². The summed E-state index contributed by atoms with van der Waals surface area (Å²) < 4.78 is 7.95. The highest BCUT2D eigenvalue weighted by atomic mass is 16.5. The third-order valence-corrected chi connectivity index (χ3v) is 9.15. The molecule has 2 aliphatic rings. The van der Waals surface area contributed by atoms with Gasteiger partial charge in [-0.2, -0.15) is 0 Å². The average molecular weight is 585 g/mol. The van der Waals surface area contributed by atoms with Gasteiger partial charge in [0.25, 0.3) is 5.91 Å². The molecule has 0 aromatic carbocycles. The van der Waals surface area contributed by atoms with Crippen molar-refractivity contribution in [3.05, 3.63) is 41.9 Å². The molecule has 8 heteroatoms. The Morgan fingerprint density at radius 3 is 2.63 bits per heavy atom. The Morgan fingerprint density at radius 2 is 1.91 bits per heavy atom. The van der Waals surface area contributed by atoms with Crippen molar-refractivity contribution >= 4 is 17.4 Å². The van der Waals surface area contributed by atoms with E-state index in [1.54, 1.807) is 0 Å². The van der Waals surface area contributed by atoms with E-state index >= 15 is 0 Å². The number of hydrogen-bond acceptors (Lipinski definition) is 6. The van der Waals surface area contributed by atoms with Gasteiger partial charge >= 0.3 is 0 Å². The number of hydrogen-bond donors (Lipinski definition) is 0. The summed E-state index contributed by atoms with van der Waals surface area (Å²) in [5.74, 6) is 9.46. The monoisotopic (exact) mass is 584 g/mol. The van der Waals surface area contributed by atoms with Gasteiger partial charge in [0.2, 0.25) is 0 Å². The Hall–Kier alpha value is -3.57. The molecule has 1 saturated heterocycles. The zero-order valence-electron chi connectivity index (χ0n) is 27.1. The number of likely N-dealkylation sites (tertiary alicyclic amines) is 1. The Bertz CT molecular complexity index is 1510. The Balaban J connectivity index is 1.55. The normalized spacial score (nSPS) is 15.5. The smallest absolute Gasteiger partial charge is 0.255 e. The van der Waals surface area contributed by atoms with Crippen LogP contribution >= 0.6 is 0 Å². The predicted octanol–water partition coefficient (Wildman–Crippen LogP) is 5.84. The van der Waals surface area contributed by atoms with Gasteiger partial charge in [-0.3, -0.25) is 14.1 Å². The molecule has 1 fully saturated rings. The molecule has 3 aromatic rings. The predicted molar refractivity (Wildman–Crippen MR) is 174 cm³/mol. The summed E-state index contributed by atoms with van der Waals surface area (Å²) in [5.41, 5.74) is 3.78. The summed E-state index contributed by atoms with van der Waals surface area (Å²) in [4.78, 5) is 30.3. The third-order valence-electron chi connectivity index (χ3n) is 9.15. The Labute approximate surface area is 257 Å². The van der Waals surface area contributed by atoms with E-state index in [-0.39, 0.29) is 11.3 Å². The molecule has 5 rings (SSSR count). The fraction of sp³-hybridized carbons (Fsp3) is 0.571. The molecule has 43 heavy (non-hydrogen) atoms. The van der Waals surface area contributed by atoms with E-state index in [0.717, 1.165) is 73.3 Å². The van der Waals surface area contributed by atoms with Crippen LogP contribution in [0.5, 0.6) is 5.75 Å². The number of anilines is 1. The second-order valence-corrected chi connectivity index (χ2v) is 13.6. The van der Waals surface area contributed by atoms with Crippen LogP contribution in [0.4, 0.5) is 5.82 Å². The fourth-order valence-electron chi connectivity index (χ4n) is 5.55. The second kappa shape index (κ2) is 13.0. The average Bonchev–Trinajstić information content (AvgIpc) is 3.62. The molecule has 3 aromatic heterocycles. The maximum Gasteiger partial charge on any atom is 0.255 e. The molecule has 0 aliphatic carbocycles. The molecular formula is C35H48N6O2. The summed E-state index contributed by atoms with van der Waals surface area (Å²) in [5, 5.41) is 0. The summed E-state index contributed by atoms with van der Waals surface area (Å²) in [6.45, 7) is 19.1. The lowest BCUT2D eigenvalue weighted by Crippen LogP contribution is -2.42. The van der Waals surface area contributed by atoms with Crippen molar-refractivity contribution in [2.45, 2.75) is 60.8 Å². The van der Waals surface area contributed by atoms with E-state index in [1.165, 1.54) is 12.8 Å². The van der Waals surface area contributed by atoms with Crippen LogP contribution in [-0.4, -0.2) is 83.0 Å². The highest BCUT2D eigenvalue weighted by Crippen LogP contribution is 2.34. The van der Waals surface area contributed by atoms with Gasteiger partial charge in [0.15, 0.2) is 11.6 Å². The number of rotatable bonds is 9. The molecule has 0 saturated carbocycles. The quantitative estimate of drug-likeness (QED) is 0.294. The fourth-order valence-corrected chi connectivity index (χ4v) is 5.55. The molecular weight excluding hydrogens is 536 g/mol. The van der Waals surface area contributed by atoms with Crippen LogP contribution in [-0.2, 0) is 0 Å². The molecule has 230 valence electrons. The van der Waals surface area contributed by atoms with Gasteiger partial charge in [-0.25, -0.2) is 9.97 Å². The second-order valence-electron chi connectivity index (χ2n) is 13.6. The zero-order chi connectivity index (χ0) is 30.7. The first-order valence-electron chi connectivity index (χ1n) is 15.9. The lowest BCUT2D eigenvalue weighted by Gasteiger charge is -2.36. The van der Waals surface area contributed by atoms with Crippen LogP contribution in [0.2, 0.25) is 0 Å². The highest BCUT2D eigenvalue weighted by Gasteiger charge is 2.29. The molecule has 0 N–H and O–H groups in total.